The Hall–Kier alpha value is -11.0. The fourth-order valence-corrected chi connectivity index (χ4v) is 12.0. The summed E-state index contributed by atoms with van der Waals surface area (Å²) >= 11 is 0. The Bertz CT molecular complexity index is 3520. The predicted molar refractivity (Wildman–Crippen MR) is 437 cm³/mol. The van der Waals surface area contributed by atoms with E-state index in [0.717, 1.165) is 42.8 Å². The quantitative estimate of drug-likeness (QED) is 0.0274. The van der Waals surface area contributed by atoms with Crippen LogP contribution in [0, 0.1) is 0 Å². The Morgan fingerprint density at radius 3 is 1.33 bits per heavy atom. The molecule has 0 aliphatic rings. The molecule has 0 radical (unpaired) electrons. The number of aryl methyl sites for hydroxylation is 1. The first-order valence-corrected chi connectivity index (χ1v) is 41.8. The van der Waals surface area contributed by atoms with Crippen molar-refractivity contribution in [2.45, 2.75) is 229 Å². The van der Waals surface area contributed by atoms with Crippen LogP contribution in [0.4, 0.5) is 0 Å². The van der Waals surface area contributed by atoms with Gasteiger partial charge in [-0.2, -0.15) is 0 Å². The van der Waals surface area contributed by atoms with Gasteiger partial charge < -0.3 is 130 Å². The van der Waals surface area contributed by atoms with E-state index in [9.17, 15) is 107 Å². The van der Waals surface area contributed by atoms with Gasteiger partial charge in [-0.1, -0.05) is 90.4 Å². The molecule has 700 valence electrons. The smallest absolute Gasteiger partial charge is 0.317 e. The van der Waals surface area contributed by atoms with Gasteiger partial charge in [-0.25, -0.2) is 10.1 Å². The molecule has 15 amide bonds. The van der Waals surface area contributed by atoms with E-state index >= 15 is 0 Å². The van der Waals surface area contributed by atoms with Crippen molar-refractivity contribution in [3.8, 4) is 0 Å². The molecule has 48 heteroatoms. The zero-order valence-electron chi connectivity index (χ0n) is 70.8. The van der Waals surface area contributed by atoms with E-state index in [4.69, 9.17) is 30.4 Å². The number of aliphatic hydroxyl groups is 3. The molecule has 2 aromatic heterocycles. The second kappa shape index (κ2) is 67.4. The van der Waals surface area contributed by atoms with Crippen LogP contribution in [-0.4, -0.2) is 335 Å². The molecule has 8 atom stereocenters. The first-order valence-electron chi connectivity index (χ1n) is 41.8. The molecule has 48 nitrogen and oxygen atoms in total. The number of carboxylic acids is 2. The molecule has 0 aromatic carbocycles. The molecule has 0 aliphatic carbocycles. The van der Waals surface area contributed by atoms with E-state index in [2.05, 4.69) is 99.7 Å². The average Bonchev–Trinajstić information content (AvgIpc) is 1.19. The van der Waals surface area contributed by atoms with Crippen LogP contribution in [0.25, 0.3) is 0 Å². The van der Waals surface area contributed by atoms with Gasteiger partial charge in [-0.3, -0.25) is 86.4 Å². The summed E-state index contributed by atoms with van der Waals surface area (Å²) in [6.45, 7) is -3.60. The van der Waals surface area contributed by atoms with Gasteiger partial charge in [0, 0.05) is 71.4 Å². The van der Waals surface area contributed by atoms with Gasteiger partial charge in [-0.15, -0.1) is 5.10 Å². The number of hydrogen-bond acceptors (Lipinski definition) is 29. The highest BCUT2D eigenvalue weighted by atomic mass is 16.5. The number of hydrogen-bond donors (Lipinski definition) is 22. The molecule has 24 N–H and O–H groups in total. The molecule has 0 saturated carbocycles. The van der Waals surface area contributed by atoms with Gasteiger partial charge >= 0.3 is 11.9 Å². The van der Waals surface area contributed by atoms with Crippen molar-refractivity contribution in [2.75, 3.05) is 126 Å². The Morgan fingerprint density at radius 2 is 0.863 bits per heavy atom. The van der Waals surface area contributed by atoms with Crippen molar-refractivity contribution >= 4 is 101 Å². The molecule has 2 rings (SSSR count). The third kappa shape index (κ3) is 53.1. The van der Waals surface area contributed by atoms with E-state index in [1.807, 2.05) is 6.92 Å². The summed E-state index contributed by atoms with van der Waals surface area (Å²) < 4.78 is 21.4. The van der Waals surface area contributed by atoms with Crippen molar-refractivity contribution in [1.82, 2.24) is 105 Å². The summed E-state index contributed by atoms with van der Waals surface area (Å²) in [5, 5.41) is 94.1. The molecule has 0 fully saturated rings. The molecule has 0 saturated heterocycles. The lowest BCUT2D eigenvalue weighted by Crippen LogP contribution is -2.61. The maximum absolute atomic E-state index is 14.1. The number of aromatic nitrogens is 6. The maximum Gasteiger partial charge on any atom is 0.317 e. The highest BCUT2D eigenvalue weighted by Gasteiger charge is 2.35. The lowest BCUT2D eigenvalue weighted by Gasteiger charge is -2.26. The number of unbranched alkanes of at least 4 members (excludes halogenated alkanes) is 14. The third-order valence-electron chi connectivity index (χ3n) is 18.7. The van der Waals surface area contributed by atoms with E-state index in [0.29, 0.717) is 32.4 Å². The number of H-pyrrole nitrogens is 2. The van der Waals surface area contributed by atoms with Crippen LogP contribution in [-0.2, 0) is 113 Å². The van der Waals surface area contributed by atoms with Crippen LogP contribution in [0.3, 0.4) is 0 Å². The highest BCUT2D eigenvalue weighted by Crippen LogP contribution is 2.15. The fraction of sp³-hybridized carbons (Fsp3) is 0.724. The van der Waals surface area contributed by atoms with Crippen LogP contribution in [0.5, 0.6) is 0 Å². The lowest BCUT2D eigenvalue weighted by atomic mass is 10.0. The largest absolute Gasteiger partial charge is 0.480 e. The van der Waals surface area contributed by atoms with Crippen molar-refractivity contribution in [2.24, 2.45) is 11.5 Å². The Kier molecular flexibility index (Phi) is 59.3. The number of rotatable bonds is 76. The molecular formula is C76H130N22O26. The SMILES string of the molecule is CCCC[C@H](NC(=O)[C@H](CCCCN(CC(=O)O)CC(=O)O)NC(=O)CCNC(=O)[C@H](Cc1c[nH]cn1)NC(=O)[C@H](CCC(N)=O)NC(=O)[C@H](CO)NC(=O)[C@H](CO)NC(=O)[C@H](CCC(N)=O)NC(=O)[C@@H](CO)NC(=O)CNC(=O)COCCOCCNC(=O)COCCOCCNC(=O)CCCCCCCCCCCCCCCc1nnn[nH]1)C(=O)NC. The number of primary amides is 2. The van der Waals surface area contributed by atoms with E-state index in [1.165, 1.54) is 77.4 Å². The van der Waals surface area contributed by atoms with Gasteiger partial charge in [-0.05, 0) is 68.3 Å². The van der Waals surface area contributed by atoms with E-state index in [-0.39, 0.29) is 96.4 Å². The number of ether oxygens (including phenoxy) is 4. The number of amides is 15. The number of carbonyl (C=O) groups excluding carboxylic acids is 15. The normalized spacial score (nSPS) is 13.0. The minimum absolute atomic E-state index is 0.00209. The number of carboxylic acid groups (broad SMARTS) is 2. The Balaban J connectivity index is 1.84. The second-order valence-electron chi connectivity index (χ2n) is 29.0. The minimum Gasteiger partial charge on any atom is -0.480 e. The van der Waals surface area contributed by atoms with Gasteiger partial charge in [0.15, 0.2) is 0 Å². The number of aromatic amines is 2. The van der Waals surface area contributed by atoms with Crippen molar-refractivity contribution in [3.63, 3.8) is 0 Å². The standard InChI is InChI=1S/C76H130N22O26/c1-3-4-20-51(69(113)79-2)88-71(115)52(21-18-19-32-98(42-67(109)110)43-68(111)112)86-63(105)28-29-83-70(114)55(39-50-40-80-49-85-50)91-72(116)53(24-26-59(77)102)90-75(119)57(45-100)93-76(120)58(46-101)92-73(117)54(25-27-60(78)103)89-74(118)56(44-99)87-64(106)41-84-66(108)48-124-38-36-122-34-31-82-65(107)47-123-37-35-121-33-30-81-62(104)23-17-15-13-11-9-7-5-6-8-10-12-14-16-22-61-94-96-97-95-61/h40,49,51-58,99-101H,3-39,41-48H2,1-2H3,(H2,77,102)(H2,78,103)(H,79,113)(H,80,85)(H,81,104)(H,82,107)(H,83,114)(H,84,108)(H,86,105)(H,87,106)(H,88,115)(H,89,118)(H,90,119)(H,91,116)(H,92,117)(H,93,120)(H,109,110)(H,111,112)(H,94,95,96,97)/t51-,52-,53-,54-,55-,56+,57-,58-/m0/s1. The highest BCUT2D eigenvalue weighted by molar-refractivity contribution is 5.98. The maximum atomic E-state index is 14.1. The summed E-state index contributed by atoms with van der Waals surface area (Å²) in [5.74, 6) is -15.2. The molecule has 0 bridgehead atoms. The molecule has 0 aliphatic heterocycles. The summed E-state index contributed by atoms with van der Waals surface area (Å²) in [5.41, 5.74) is 10.9. The number of aliphatic hydroxyl groups excluding tert-OH is 3. The van der Waals surface area contributed by atoms with Crippen LogP contribution in [0.15, 0.2) is 12.5 Å². The number of tetrazole rings is 1. The van der Waals surface area contributed by atoms with Crippen LogP contribution >= 0.6 is 0 Å². The number of aliphatic carboxylic acids is 2. The number of nitrogens with one attached hydrogen (secondary N) is 15. The van der Waals surface area contributed by atoms with Crippen molar-refractivity contribution in [1.29, 1.82) is 0 Å². The molecule has 0 spiro atoms. The van der Waals surface area contributed by atoms with E-state index < -0.39 is 228 Å². The second-order valence-corrected chi connectivity index (χ2v) is 29.0. The number of carbonyl (C=O) groups is 17. The summed E-state index contributed by atoms with van der Waals surface area (Å²) in [6.07, 6.45) is 17.9. The van der Waals surface area contributed by atoms with Gasteiger partial charge in [0.05, 0.1) is 91.1 Å². The lowest BCUT2D eigenvalue weighted by molar-refractivity contribution is -0.142. The number of likely N-dealkylation sites (N-methyl/N-ethyl adjacent to an activating group) is 1. The van der Waals surface area contributed by atoms with Crippen LogP contribution < -0.4 is 80.6 Å². The zero-order valence-corrected chi connectivity index (χ0v) is 70.8. The Morgan fingerprint density at radius 1 is 0.427 bits per heavy atom. The number of imidazole rings is 1. The molecule has 0 unspecified atom stereocenters. The van der Waals surface area contributed by atoms with Crippen LogP contribution in [0.1, 0.15) is 179 Å². The number of nitrogens with two attached hydrogens (primary N) is 2. The predicted octanol–water partition coefficient (Wildman–Crippen LogP) is -6.95. The first-order chi connectivity index (χ1) is 59.5. The Labute approximate surface area is 718 Å². The molecular weight excluding hydrogens is 1640 g/mol. The van der Waals surface area contributed by atoms with Gasteiger partial charge in [0.25, 0.3) is 0 Å². The average molecular weight is 1770 g/mol. The van der Waals surface area contributed by atoms with Gasteiger partial charge in [0.1, 0.15) is 67.4 Å². The molecule has 124 heavy (non-hydrogen) atoms. The third-order valence-corrected chi connectivity index (χ3v) is 18.7. The van der Waals surface area contributed by atoms with Gasteiger partial charge in [0.2, 0.25) is 88.6 Å². The first kappa shape index (κ1) is 109. The minimum atomic E-state index is -2.01. The van der Waals surface area contributed by atoms with E-state index in [1.54, 1.807) is 0 Å². The van der Waals surface area contributed by atoms with Crippen LogP contribution in [0.2, 0.25) is 0 Å². The molecule has 2 aromatic rings. The molecule has 2 heterocycles. The topological polar surface area (TPSA) is 723 Å². The monoisotopic (exact) mass is 1770 g/mol. The number of nitrogens with zero attached hydrogens (tertiary/aromatic N) is 5. The summed E-state index contributed by atoms with van der Waals surface area (Å²) in [7, 11) is 1.37. The zero-order chi connectivity index (χ0) is 91.7. The van der Waals surface area contributed by atoms with Crippen molar-refractivity contribution < 1.29 is 126 Å². The summed E-state index contributed by atoms with van der Waals surface area (Å²) in [4.78, 5) is 227. The van der Waals surface area contributed by atoms with Crippen molar-refractivity contribution in [3.05, 3.63) is 24.0 Å². The fourth-order valence-electron chi connectivity index (χ4n) is 12.0. The summed E-state index contributed by atoms with van der Waals surface area (Å²) in [6, 6.07) is -13.2.